The monoisotopic (exact) mass is 171 g/mol. The Morgan fingerprint density at radius 3 is 2.50 bits per heavy atom. The van der Waals surface area contributed by atoms with Gasteiger partial charge >= 0.3 is 0 Å². The van der Waals surface area contributed by atoms with Gasteiger partial charge in [0.05, 0.1) is 6.10 Å². The number of hydrogen-bond acceptors (Lipinski definition) is 2. The van der Waals surface area contributed by atoms with E-state index in [4.69, 9.17) is 10.5 Å². The summed E-state index contributed by atoms with van der Waals surface area (Å²) in [5.74, 6) is 0.949. The van der Waals surface area contributed by atoms with E-state index >= 15 is 0 Å². The molecule has 1 unspecified atom stereocenters. The van der Waals surface area contributed by atoms with Crippen molar-refractivity contribution in [1.82, 2.24) is 0 Å². The first-order chi connectivity index (χ1) is 5.70. The maximum absolute atomic E-state index is 5.67. The summed E-state index contributed by atoms with van der Waals surface area (Å²) in [5.41, 5.74) is 5.67. The third-order valence-corrected chi connectivity index (χ3v) is 2.87. The normalized spacial score (nSPS) is 23.2. The van der Waals surface area contributed by atoms with Gasteiger partial charge in [-0.2, -0.15) is 0 Å². The van der Waals surface area contributed by atoms with E-state index in [0.717, 1.165) is 12.5 Å². The van der Waals surface area contributed by atoms with Crippen LogP contribution in [0.25, 0.3) is 0 Å². The molecular weight excluding hydrogens is 150 g/mol. The van der Waals surface area contributed by atoms with Crippen LogP contribution in [0.5, 0.6) is 0 Å². The average molecular weight is 171 g/mol. The summed E-state index contributed by atoms with van der Waals surface area (Å²) in [6.07, 6.45) is 5.70. The first-order valence-electron chi connectivity index (χ1n) is 5.07. The SMILES string of the molecule is CC(OCCC1CCC1)[C@@H](C)N. The fourth-order valence-corrected chi connectivity index (χ4v) is 1.35. The van der Waals surface area contributed by atoms with Crippen LogP contribution in [0.1, 0.15) is 39.5 Å². The average Bonchev–Trinajstić information content (AvgIpc) is 1.93. The second-order valence-electron chi connectivity index (χ2n) is 4.02. The zero-order valence-corrected chi connectivity index (χ0v) is 8.25. The van der Waals surface area contributed by atoms with E-state index in [2.05, 4.69) is 0 Å². The van der Waals surface area contributed by atoms with Crippen LogP contribution in [0.15, 0.2) is 0 Å². The number of ether oxygens (including phenoxy) is 1. The Bertz CT molecular complexity index is 121. The zero-order valence-electron chi connectivity index (χ0n) is 8.25. The Morgan fingerprint density at radius 1 is 1.42 bits per heavy atom. The predicted octanol–water partition coefficient (Wildman–Crippen LogP) is 1.93. The van der Waals surface area contributed by atoms with Gasteiger partial charge in [0, 0.05) is 12.6 Å². The highest BCUT2D eigenvalue weighted by Crippen LogP contribution is 2.29. The fourth-order valence-electron chi connectivity index (χ4n) is 1.35. The molecule has 0 radical (unpaired) electrons. The van der Waals surface area contributed by atoms with E-state index in [0.29, 0.717) is 0 Å². The van der Waals surface area contributed by atoms with Crippen molar-refractivity contribution in [1.29, 1.82) is 0 Å². The van der Waals surface area contributed by atoms with Crippen molar-refractivity contribution in [3.63, 3.8) is 0 Å². The van der Waals surface area contributed by atoms with Crippen molar-refractivity contribution in [2.75, 3.05) is 6.61 Å². The lowest BCUT2D eigenvalue weighted by atomic mass is 9.83. The van der Waals surface area contributed by atoms with Gasteiger partial charge in [-0.05, 0) is 26.2 Å². The molecule has 2 N–H and O–H groups in total. The van der Waals surface area contributed by atoms with Crippen LogP contribution in [-0.2, 0) is 4.74 Å². The van der Waals surface area contributed by atoms with E-state index < -0.39 is 0 Å². The molecule has 0 aliphatic heterocycles. The standard InChI is InChI=1S/C10H21NO/c1-8(11)9(2)12-7-6-10-4-3-5-10/h8-10H,3-7,11H2,1-2H3/t8-,9?/m1/s1. The minimum Gasteiger partial charge on any atom is -0.377 e. The van der Waals surface area contributed by atoms with Crippen molar-refractivity contribution in [2.45, 2.75) is 51.7 Å². The lowest BCUT2D eigenvalue weighted by Crippen LogP contribution is -2.32. The fraction of sp³-hybridized carbons (Fsp3) is 1.00. The summed E-state index contributed by atoms with van der Waals surface area (Å²) in [7, 11) is 0. The van der Waals surface area contributed by atoms with E-state index in [9.17, 15) is 0 Å². The lowest BCUT2D eigenvalue weighted by molar-refractivity contribution is 0.0372. The molecule has 0 aromatic rings. The summed E-state index contributed by atoms with van der Waals surface area (Å²) >= 11 is 0. The third-order valence-electron chi connectivity index (χ3n) is 2.87. The van der Waals surface area contributed by atoms with Gasteiger partial charge in [0.2, 0.25) is 0 Å². The Morgan fingerprint density at radius 2 is 2.08 bits per heavy atom. The highest BCUT2D eigenvalue weighted by Gasteiger charge is 2.17. The molecule has 1 saturated carbocycles. The van der Waals surface area contributed by atoms with E-state index in [1.807, 2.05) is 13.8 Å². The Kier molecular flexibility index (Phi) is 4.02. The topological polar surface area (TPSA) is 35.2 Å². The Balaban J connectivity index is 1.93. The summed E-state index contributed by atoms with van der Waals surface area (Å²) < 4.78 is 5.58. The first kappa shape index (κ1) is 10.0. The van der Waals surface area contributed by atoms with Crippen LogP contribution in [0, 0.1) is 5.92 Å². The number of rotatable bonds is 5. The molecule has 1 fully saturated rings. The maximum atomic E-state index is 5.67. The molecule has 0 bridgehead atoms. The lowest BCUT2D eigenvalue weighted by Gasteiger charge is -2.26. The van der Waals surface area contributed by atoms with Gasteiger partial charge in [-0.3, -0.25) is 0 Å². The molecule has 1 rings (SSSR count). The van der Waals surface area contributed by atoms with Crippen molar-refractivity contribution in [2.24, 2.45) is 11.7 Å². The van der Waals surface area contributed by atoms with Crippen LogP contribution in [0.3, 0.4) is 0 Å². The Labute approximate surface area is 75.5 Å². The maximum Gasteiger partial charge on any atom is 0.0695 e. The quantitative estimate of drug-likeness (QED) is 0.686. The number of nitrogens with two attached hydrogens (primary N) is 1. The molecule has 0 amide bonds. The minimum absolute atomic E-state index is 0.159. The molecule has 2 atom stereocenters. The van der Waals surface area contributed by atoms with Gasteiger partial charge < -0.3 is 10.5 Å². The molecular formula is C10H21NO. The van der Waals surface area contributed by atoms with Gasteiger partial charge in [0.1, 0.15) is 0 Å². The minimum atomic E-state index is 0.159. The molecule has 0 spiro atoms. The van der Waals surface area contributed by atoms with E-state index in [1.165, 1.54) is 25.7 Å². The molecule has 0 aromatic heterocycles. The molecule has 1 aliphatic carbocycles. The molecule has 0 heterocycles. The summed E-state index contributed by atoms with van der Waals surface area (Å²) in [4.78, 5) is 0. The van der Waals surface area contributed by atoms with Gasteiger partial charge in [0.15, 0.2) is 0 Å². The highest BCUT2D eigenvalue weighted by atomic mass is 16.5. The van der Waals surface area contributed by atoms with Crippen molar-refractivity contribution >= 4 is 0 Å². The van der Waals surface area contributed by atoms with E-state index in [-0.39, 0.29) is 12.1 Å². The largest absolute Gasteiger partial charge is 0.377 e. The Hall–Kier alpha value is -0.0800. The molecule has 72 valence electrons. The second-order valence-corrected chi connectivity index (χ2v) is 4.02. The van der Waals surface area contributed by atoms with Gasteiger partial charge in [-0.15, -0.1) is 0 Å². The van der Waals surface area contributed by atoms with Gasteiger partial charge in [-0.25, -0.2) is 0 Å². The summed E-state index contributed by atoms with van der Waals surface area (Å²) in [6, 6.07) is 0.159. The van der Waals surface area contributed by atoms with Crippen molar-refractivity contribution in [3.8, 4) is 0 Å². The number of hydrogen-bond donors (Lipinski definition) is 1. The summed E-state index contributed by atoms with van der Waals surface area (Å²) in [5, 5.41) is 0. The predicted molar refractivity (Wildman–Crippen MR) is 51.0 cm³/mol. The van der Waals surface area contributed by atoms with Gasteiger partial charge in [-0.1, -0.05) is 19.3 Å². The molecule has 1 aliphatic rings. The van der Waals surface area contributed by atoms with Crippen molar-refractivity contribution < 1.29 is 4.74 Å². The molecule has 0 saturated heterocycles. The van der Waals surface area contributed by atoms with Crippen LogP contribution in [0.2, 0.25) is 0 Å². The van der Waals surface area contributed by atoms with Gasteiger partial charge in [0.25, 0.3) is 0 Å². The van der Waals surface area contributed by atoms with Crippen LogP contribution >= 0.6 is 0 Å². The molecule has 0 aromatic carbocycles. The smallest absolute Gasteiger partial charge is 0.0695 e. The highest BCUT2D eigenvalue weighted by molar-refractivity contribution is 4.69. The van der Waals surface area contributed by atoms with Crippen molar-refractivity contribution in [3.05, 3.63) is 0 Å². The van der Waals surface area contributed by atoms with E-state index in [1.54, 1.807) is 0 Å². The molecule has 2 nitrogen and oxygen atoms in total. The van der Waals surface area contributed by atoms with Crippen LogP contribution in [0.4, 0.5) is 0 Å². The first-order valence-corrected chi connectivity index (χ1v) is 5.07. The third kappa shape index (κ3) is 3.11. The molecule has 2 heteroatoms. The summed E-state index contributed by atoms with van der Waals surface area (Å²) in [6.45, 7) is 4.94. The zero-order chi connectivity index (χ0) is 8.97. The molecule has 12 heavy (non-hydrogen) atoms. The van der Waals surface area contributed by atoms with Crippen LogP contribution in [-0.4, -0.2) is 18.8 Å². The second kappa shape index (κ2) is 4.83. The van der Waals surface area contributed by atoms with Crippen LogP contribution < -0.4 is 5.73 Å².